The van der Waals surface area contributed by atoms with Gasteiger partial charge in [-0.15, -0.1) is 0 Å². The largest absolute Gasteiger partial charge is 0.496 e. The highest BCUT2D eigenvalue weighted by Gasteiger charge is 2.26. The molecule has 3 rings (SSSR count). The first kappa shape index (κ1) is 18.8. The average molecular weight is 352 g/mol. The molecule has 0 amide bonds. The molecule has 140 valence electrons. The first-order valence-electron chi connectivity index (χ1n) is 9.78. The minimum Gasteiger partial charge on any atom is -0.496 e. The molecule has 2 unspecified atom stereocenters. The van der Waals surface area contributed by atoms with Crippen LogP contribution in [-0.4, -0.2) is 14.2 Å². The maximum Gasteiger partial charge on any atom is 0.122 e. The summed E-state index contributed by atoms with van der Waals surface area (Å²) in [5.41, 5.74) is 7.27. The Kier molecular flexibility index (Phi) is 5.32. The van der Waals surface area contributed by atoms with Crippen LogP contribution < -0.4 is 10.1 Å². The van der Waals surface area contributed by atoms with Crippen molar-refractivity contribution in [1.82, 2.24) is 0 Å². The van der Waals surface area contributed by atoms with Gasteiger partial charge in [-0.1, -0.05) is 52.0 Å². The number of anilines is 1. The Morgan fingerprint density at radius 3 is 2.58 bits per heavy atom. The van der Waals surface area contributed by atoms with Gasteiger partial charge in [0.15, 0.2) is 0 Å². The van der Waals surface area contributed by atoms with Crippen LogP contribution in [0.3, 0.4) is 0 Å². The summed E-state index contributed by atoms with van der Waals surface area (Å²) in [6.07, 6.45) is 3.41. The van der Waals surface area contributed by atoms with Gasteiger partial charge >= 0.3 is 0 Å². The molecule has 2 heteroatoms. The molecule has 0 saturated heterocycles. The summed E-state index contributed by atoms with van der Waals surface area (Å²) in [4.78, 5) is 0. The Balaban J connectivity index is 1.81. The molecule has 2 atom stereocenters. The van der Waals surface area contributed by atoms with Gasteiger partial charge in [0.1, 0.15) is 5.75 Å². The van der Waals surface area contributed by atoms with E-state index in [1.165, 1.54) is 27.9 Å². The zero-order valence-electron chi connectivity index (χ0n) is 17.1. The summed E-state index contributed by atoms with van der Waals surface area (Å²) in [6, 6.07) is 13.5. The fraction of sp³-hybridized carbons (Fsp3) is 0.500. The second-order valence-corrected chi connectivity index (χ2v) is 8.84. The summed E-state index contributed by atoms with van der Waals surface area (Å²) >= 11 is 0. The lowest BCUT2D eigenvalue weighted by Gasteiger charge is -2.30. The Hall–Kier alpha value is -1.96. The van der Waals surface area contributed by atoms with Crippen molar-refractivity contribution in [3.05, 3.63) is 58.7 Å². The van der Waals surface area contributed by atoms with Gasteiger partial charge in [-0.25, -0.2) is 0 Å². The molecule has 0 aliphatic heterocycles. The SMILES string of the molecule is CNc1ccc(CC2Cc3cccc(OC)c3C2)cc1C(C)C(C)(C)C. The van der Waals surface area contributed by atoms with Gasteiger partial charge < -0.3 is 10.1 Å². The van der Waals surface area contributed by atoms with Crippen molar-refractivity contribution in [2.24, 2.45) is 11.3 Å². The topological polar surface area (TPSA) is 21.3 Å². The van der Waals surface area contributed by atoms with Gasteiger partial charge in [-0.3, -0.25) is 0 Å². The third-order valence-electron chi connectivity index (χ3n) is 6.13. The van der Waals surface area contributed by atoms with Crippen molar-refractivity contribution >= 4 is 5.69 Å². The molecule has 0 radical (unpaired) electrons. The number of benzene rings is 2. The number of ether oxygens (including phenoxy) is 1. The van der Waals surface area contributed by atoms with E-state index in [9.17, 15) is 0 Å². The summed E-state index contributed by atoms with van der Waals surface area (Å²) in [5.74, 6) is 2.22. The molecule has 1 N–H and O–H groups in total. The van der Waals surface area contributed by atoms with Gasteiger partial charge in [-0.05, 0) is 70.9 Å². The highest BCUT2D eigenvalue weighted by molar-refractivity contribution is 5.54. The molecule has 2 nitrogen and oxygen atoms in total. The van der Waals surface area contributed by atoms with Crippen LogP contribution in [0.5, 0.6) is 5.75 Å². The third-order valence-corrected chi connectivity index (χ3v) is 6.13. The maximum atomic E-state index is 5.57. The van der Waals surface area contributed by atoms with Gasteiger partial charge in [0.05, 0.1) is 7.11 Å². The van der Waals surface area contributed by atoms with E-state index in [0.717, 1.165) is 25.0 Å². The second kappa shape index (κ2) is 7.34. The lowest BCUT2D eigenvalue weighted by atomic mass is 9.76. The Bertz CT molecular complexity index is 772. The minimum absolute atomic E-state index is 0.251. The number of hydrogen-bond acceptors (Lipinski definition) is 2. The quantitative estimate of drug-likeness (QED) is 0.730. The summed E-state index contributed by atoms with van der Waals surface area (Å²) < 4.78 is 5.57. The maximum absolute atomic E-state index is 5.57. The molecule has 26 heavy (non-hydrogen) atoms. The first-order valence-corrected chi connectivity index (χ1v) is 9.78. The van der Waals surface area contributed by atoms with Crippen LogP contribution in [0, 0.1) is 11.3 Å². The number of methoxy groups -OCH3 is 1. The molecule has 0 aromatic heterocycles. The molecule has 0 heterocycles. The smallest absolute Gasteiger partial charge is 0.122 e. The van der Waals surface area contributed by atoms with Gasteiger partial charge in [0, 0.05) is 12.7 Å². The van der Waals surface area contributed by atoms with E-state index in [1.54, 1.807) is 7.11 Å². The molecule has 2 aromatic carbocycles. The van der Waals surface area contributed by atoms with Crippen molar-refractivity contribution in [3.63, 3.8) is 0 Å². The van der Waals surface area contributed by atoms with E-state index in [0.29, 0.717) is 11.8 Å². The Morgan fingerprint density at radius 1 is 1.15 bits per heavy atom. The molecule has 0 bridgehead atoms. The predicted octanol–water partition coefficient (Wildman–Crippen LogP) is 5.84. The summed E-state index contributed by atoms with van der Waals surface area (Å²) in [5, 5.41) is 3.38. The van der Waals surface area contributed by atoms with E-state index < -0.39 is 0 Å². The van der Waals surface area contributed by atoms with Crippen molar-refractivity contribution in [2.45, 2.75) is 52.9 Å². The van der Waals surface area contributed by atoms with Crippen LogP contribution in [0.25, 0.3) is 0 Å². The normalized spacial score (nSPS) is 17.7. The monoisotopic (exact) mass is 351 g/mol. The third kappa shape index (κ3) is 3.75. The van der Waals surface area contributed by atoms with Crippen LogP contribution in [0.1, 0.15) is 55.9 Å². The van der Waals surface area contributed by atoms with Crippen LogP contribution in [0.4, 0.5) is 5.69 Å². The van der Waals surface area contributed by atoms with Crippen LogP contribution in [0.2, 0.25) is 0 Å². The summed E-state index contributed by atoms with van der Waals surface area (Å²) in [7, 11) is 3.80. The van der Waals surface area contributed by atoms with Crippen molar-refractivity contribution in [1.29, 1.82) is 0 Å². The number of rotatable bonds is 5. The van der Waals surface area contributed by atoms with E-state index in [2.05, 4.69) is 69.4 Å². The van der Waals surface area contributed by atoms with E-state index in [4.69, 9.17) is 4.74 Å². The number of hydrogen-bond donors (Lipinski definition) is 1. The lowest BCUT2D eigenvalue weighted by Crippen LogP contribution is -2.17. The van der Waals surface area contributed by atoms with Crippen LogP contribution in [0.15, 0.2) is 36.4 Å². The highest BCUT2D eigenvalue weighted by Crippen LogP contribution is 2.40. The number of fused-ring (bicyclic) bond motifs is 1. The van der Waals surface area contributed by atoms with Crippen molar-refractivity contribution < 1.29 is 4.74 Å². The highest BCUT2D eigenvalue weighted by atomic mass is 16.5. The lowest BCUT2D eigenvalue weighted by molar-refractivity contribution is 0.340. The molecule has 0 spiro atoms. The summed E-state index contributed by atoms with van der Waals surface area (Å²) in [6.45, 7) is 9.31. The average Bonchev–Trinajstić information content (AvgIpc) is 3.02. The molecule has 1 aliphatic rings. The molecular weight excluding hydrogens is 318 g/mol. The van der Waals surface area contributed by atoms with Crippen molar-refractivity contribution in [2.75, 3.05) is 19.5 Å². The molecule has 0 fully saturated rings. The fourth-order valence-electron chi connectivity index (χ4n) is 4.17. The Labute approximate surface area is 159 Å². The zero-order chi connectivity index (χ0) is 18.9. The van der Waals surface area contributed by atoms with Crippen LogP contribution in [-0.2, 0) is 19.3 Å². The van der Waals surface area contributed by atoms with Gasteiger partial charge in [-0.2, -0.15) is 0 Å². The number of nitrogens with one attached hydrogen (secondary N) is 1. The predicted molar refractivity (Wildman–Crippen MR) is 111 cm³/mol. The first-order chi connectivity index (χ1) is 12.3. The van der Waals surface area contributed by atoms with Gasteiger partial charge in [0.2, 0.25) is 0 Å². The van der Waals surface area contributed by atoms with Gasteiger partial charge in [0.25, 0.3) is 0 Å². The Morgan fingerprint density at radius 2 is 1.92 bits per heavy atom. The minimum atomic E-state index is 0.251. The van der Waals surface area contributed by atoms with Crippen molar-refractivity contribution in [3.8, 4) is 5.75 Å². The van der Waals surface area contributed by atoms with E-state index >= 15 is 0 Å². The standard InChI is InChI=1S/C24H33NO/c1-16(24(2,3)4)20-14-17(10-11-22(20)25-5)12-18-13-19-8-7-9-23(26-6)21(19)15-18/h7-11,14,16,18,25H,12-13,15H2,1-6H3. The van der Waals surface area contributed by atoms with E-state index in [1.807, 2.05) is 7.05 Å². The second-order valence-electron chi connectivity index (χ2n) is 8.84. The molecule has 1 aliphatic carbocycles. The molecule has 2 aromatic rings. The zero-order valence-corrected chi connectivity index (χ0v) is 17.1. The molecule has 0 saturated carbocycles. The fourth-order valence-corrected chi connectivity index (χ4v) is 4.17. The molecular formula is C24H33NO. The van der Waals surface area contributed by atoms with Crippen LogP contribution >= 0.6 is 0 Å². The van der Waals surface area contributed by atoms with E-state index in [-0.39, 0.29) is 5.41 Å².